The number of carbonyl (C=O) groups is 1. The van der Waals surface area contributed by atoms with E-state index < -0.39 is 15.4 Å². The highest BCUT2D eigenvalue weighted by molar-refractivity contribution is 7.91. The van der Waals surface area contributed by atoms with Gasteiger partial charge in [0.1, 0.15) is 4.21 Å². The Bertz CT molecular complexity index is 633. The van der Waals surface area contributed by atoms with Crippen molar-refractivity contribution in [3.05, 3.63) is 17.0 Å². The molecule has 0 aliphatic rings. The number of hydrogen-bond acceptors (Lipinski definition) is 5. The van der Waals surface area contributed by atoms with E-state index >= 15 is 0 Å². The molecule has 1 aromatic rings. The van der Waals surface area contributed by atoms with Gasteiger partial charge in [-0.25, -0.2) is 8.42 Å². The second kappa shape index (κ2) is 7.74. The molecule has 0 saturated carbocycles. The fourth-order valence-electron chi connectivity index (χ4n) is 1.72. The highest BCUT2D eigenvalue weighted by atomic mass is 32.2. The number of carbonyl (C=O) groups excluding carboxylic acids is 1. The molecule has 0 saturated heterocycles. The quantitative estimate of drug-likeness (QED) is 0.768. The van der Waals surface area contributed by atoms with Crippen molar-refractivity contribution in [3.8, 4) is 0 Å². The largest absolute Gasteiger partial charge is 0.355 e. The van der Waals surface area contributed by atoms with Crippen molar-refractivity contribution in [2.45, 2.75) is 44.4 Å². The van der Waals surface area contributed by atoms with Crippen LogP contribution in [0.4, 0.5) is 0 Å². The third-order valence-corrected chi connectivity index (χ3v) is 7.15. The lowest BCUT2D eigenvalue weighted by Crippen LogP contribution is -2.39. The summed E-state index contributed by atoms with van der Waals surface area (Å²) in [6, 6.07) is 3.15. The van der Waals surface area contributed by atoms with E-state index in [0.717, 1.165) is 4.88 Å². The maximum Gasteiger partial charge on any atom is 0.252 e. The number of hydrogen-bond donors (Lipinski definition) is 2. The number of likely N-dealkylation sites (N-methyl/N-ethyl adjacent to an activating group) is 1. The Balaban J connectivity index is 2.70. The molecule has 0 aliphatic carbocycles. The Kier molecular flexibility index (Phi) is 6.76. The van der Waals surface area contributed by atoms with E-state index in [1.165, 1.54) is 22.7 Å². The third-order valence-electron chi connectivity index (χ3n) is 3.57. The summed E-state index contributed by atoms with van der Waals surface area (Å²) in [5.41, 5.74) is 5.11. The molecule has 6 nitrogen and oxygen atoms in total. The van der Waals surface area contributed by atoms with E-state index in [1.54, 1.807) is 19.1 Å². The van der Waals surface area contributed by atoms with Crippen LogP contribution in [0.5, 0.6) is 0 Å². The van der Waals surface area contributed by atoms with Crippen LogP contribution in [0.3, 0.4) is 0 Å². The molecule has 8 heteroatoms. The van der Waals surface area contributed by atoms with Gasteiger partial charge < -0.3 is 11.1 Å². The van der Waals surface area contributed by atoms with Crippen molar-refractivity contribution in [1.29, 1.82) is 0 Å². The molecule has 1 amide bonds. The number of nitrogens with one attached hydrogen (secondary N) is 1. The third kappa shape index (κ3) is 5.27. The van der Waals surface area contributed by atoms with E-state index in [4.69, 9.17) is 5.73 Å². The molecule has 3 N–H and O–H groups in total. The molecule has 0 fully saturated rings. The van der Waals surface area contributed by atoms with Crippen molar-refractivity contribution in [3.63, 3.8) is 0 Å². The number of nitrogens with two attached hydrogens (primary N) is 1. The second-order valence-electron chi connectivity index (χ2n) is 6.58. The van der Waals surface area contributed by atoms with Crippen molar-refractivity contribution in [1.82, 2.24) is 9.62 Å². The molecule has 1 atom stereocenters. The summed E-state index contributed by atoms with van der Waals surface area (Å²) in [7, 11) is -1.97. The predicted octanol–water partition coefficient (Wildman–Crippen LogP) is 1.42. The zero-order chi connectivity index (χ0) is 17.8. The molecule has 132 valence electrons. The fourth-order valence-corrected chi connectivity index (χ4v) is 4.64. The van der Waals surface area contributed by atoms with E-state index in [1.807, 2.05) is 20.8 Å². The molecule has 1 aromatic heterocycles. The summed E-state index contributed by atoms with van der Waals surface area (Å²) >= 11 is 1.23. The molecular weight excluding hydrogens is 334 g/mol. The van der Waals surface area contributed by atoms with Gasteiger partial charge in [0, 0.05) is 36.5 Å². The number of amides is 1. The first kappa shape index (κ1) is 20.1. The SMILES string of the molecule is CC(CN)N(C)S(=O)(=O)c1ccc(CCNC(=O)C(C)(C)C)s1. The Hall–Kier alpha value is -0.960. The van der Waals surface area contributed by atoms with Gasteiger partial charge in [-0.05, 0) is 25.5 Å². The smallest absolute Gasteiger partial charge is 0.252 e. The van der Waals surface area contributed by atoms with E-state index in [2.05, 4.69) is 5.32 Å². The molecule has 1 heterocycles. The van der Waals surface area contributed by atoms with Crippen LogP contribution >= 0.6 is 11.3 Å². The minimum absolute atomic E-state index is 0.0154. The highest BCUT2D eigenvalue weighted by Gasteiger charge is 2.26. The molecule has 1 unspecified atom stereocenters. The number of nitrogens with zero attached hydrogens (tertiary/aromatic N) is 1. The average molecular weight is 362 g/mol. The van der Waals surface area contributed by atoms with Gasteiger partial charge in [-0.3, -0.25) is 4.79 Å². The van der Waals surface area contributed by atoms with Crippen LogP contribution in [0.25, 0.3) is 0 Å². The lowest BCUT2D eigenvalue weighted by molar-refractivity contribution is -0.128. The van der Waals surface area contributed by atoms with Crippen molar-refractivity contribution in [2.75, 3.05) is 20.1 Å². The van der Waals surface area contributed by atoms with Crippen molar-refractivity contribution in [2.24, 2.45) is 11.1 Å². The van der Waals surface area contributed by atoms with Gasteiger partial charge in [0.05, 0.1) is 0 Å². The standard InChI is InChI=1S/C15H27N3O3S2/c1-11(10-16)18(5)23(20,21)13-7-6-12(22-13)8-9-17-14(19)15(2,3)4/h6-7,11H,8-10,16H2,1-5H3,(H,17,19). The molecule has 0 aromatic carbocycles. The molecule has 0 aliphatic heterocycles. The molecule has 1 rings (SSSR count). The Labute approximate surface area is 143 Å². The molecule has 0 radical (unpaired) electrons. The zero-order valence-corrected chi connectivity index (χ0v) is 16.1. The fraction of sp³-hybridized carbons (Fsp3) is 0.667. The van der Waals surface area contributed by atoms with Gasteiger partial charge >= 0.3 is 0 Å². The van der Waals surface area contributed by atoms with Crippen LogP contribution in [0, 0.1) is 5.41 Å². The monoisotopic (exact) mass is 361 g/mol. The average Bonchev–Trinajstić information content (AvgIpc) is 2.94. The van der Waals surface area contributed by atoms with Gasteiger partial charge in [-0.2, -0.15) is 4.31 Å². The summed E-state index contributed by atoms with van der Waals surface area (Å²) in [4.78, 5) is 12.7. The van der Waals surface area contributed by atoms with Crippen LogP contribution in [0.1, 0.15) is 32.6 Å². The number of sulfonamides is 1. The van der Waals surface area contributed by atoms with Gasteiger partial charge in [-0.15, -0.1) is 11.3 Å². The van der Waals surface area contributed by atoms with Gasteiger partial charge in [-0.1, -0.05) is 20.8 Å². The molecule has 0 bridgehead atoms. The first-order chi connectivity index (χ1) is 10.5. The number of rotatable bonds is 7. The Morgan fingerprint density at radius 1 is 1.39 bits per heavy atom. The summed E-state index contributed by atoms with van der Waals surface area (Å²) in [6.07, 6.45) is 0.609. The van der Waals surface area contributed by atoms with E-state index in [9.17, 15) is 13.2 Å². The van der Waals surface area contributed by atoms with Crippen LogP contribution in [-0.2, 0) is 21.2 Å². The van der Waals surface area contributed by atoms with E-state index in [0.29, 0.717) is 17.2 Å². The first-order valence-corrected chi connectivity index (χ1v) is 9.81. The van der Waals surface area contributed by atoms with Crippen LogP contribution < -0.4 is 11.1 Å². The summed E-state index contributed by atoms with van der Waals surface area (Å²) in [6.45, 7) is 8.10. The lowest BCUT2D eigenvalue weighted by atomic mass is 9.96. The minimum Gasteiger partial charge on any atom is -0.355 e. The topological polar surface area (TPSA) is 92.5 Å². The van der Waals surface area contributed by atoms with Crippen LogP contribution in [-0.4, -0.2) is 44.8 Å². The summed E-state index contributed by atoms with van der Waals surface area (Å²) < 4.78 is 26.5. The van der Waals surface area contributed by atoms with Crippen LogP contribution in [0.2, 0.25) is 0 Å². The normalized spacial score (nSPS) is 14.0. The lowest BCUT2D eigenvalue weighted by Gasteiger charge is -2.22. The summed E-state index contributed by atoms with van der Waals surface area (Å²) in [5.74, 6) is -0.0154. The molecule has 23 heavy (non-hydrogen) atoms. The summed E-state index contributed by atoms with van der Waals surface area (Å²) in [5, 5.41) is 2.86. The molecular formula is C15H27N3O3S2. The van der Waals surface area contributed by atoms with Gasteiger partial charge in [0.25, 0.3) is 10.0 Å². The maximum absolute atomic E-state index is 12.5. The van der Waals surface area contributed by atoms with Gasteiger partial charge in [0.2, 0.25) is 5.91 Å². The minimum atomic E-state index is -3.51. The first-order valence-electron chi connectivity index (χ1n) is 7.55. The van der Waals surface area contributed by atoms with Crippen LogP contribution in [0.15, 0.2) is 16.3 Å². The molecule has 0 spiro atoms. The van der Waals surface area contributed by atoms with E-state index in [-0.39, 0.29) is 18.5 Å². The zero-order valence-electron chi connectivity index (χ0n) is 14.4. The number of thiophene rings is 1. The van der Waals surface area contributed by atoms with Crippen molar-refractivity contribution >= 4 is 27.3 Å². The van der Waals surface area contributed by atoms with Gasteiger partial charge in [0.15, 0.2) is 0 Å². The van der Waals surface area contributed by atoms with Crippen molar-refractivity contribution < 1.29 is 13.2 Å². The predicted molar refractivity (Wildman–Crippen MR) is 94.0 cm³/mol. The second-order valence-corrected chi connectivity index (χ2v) is 9.98. The maximum atomic E-state index is 12.5. The Morgan fingerprint density at radius 3 is 2.52 bits per heavy atom. The Morgan fingerprint density at radius 2 is 2.00 bits per heavy atom. The highest BCUT2D eigenvalue weighted by Crippen LogP contribution is 2.25.